The van der Waals surface area contributed by atoms with Gasteiger partial charge in [0.2, 0.25) is 5.91 Å². The lowest BCUT2D eigenvalue weighted by molar-refractivity contribution is -0.384. The SMILES string of the molecule is O=C(CCNc1ccccc1[N+](=O)[O-])NNC(=O)c1ccc(-c2ccc(F)cc2)s1. The molecule has 3 rings (SSSR count). The fourth-order valence-corrected chi connectivity index (χ4v) is 3.48. The molecule has 10 heteroatoms. The number of nitrogens with zero attached hydrogens (tertiary/aromatic N) is 1. The van der Waals surface area contributed by atoms with E-state index in [4.69, 9.17) is 0 Å². The Morgan fingerprint density at radius 2 is 1.73 bits per heavy atom. The van der Waals surface area contributed by atoms with Crippen molar-refractivity contribution in [3.05, 3.63) is 81.5 Å². The molecule has 2 amide bonds. The van der Waals surface area contributed by atoms with Crippen LogP contribution in [0.5, 0.6) is 0 Å². The van der Waals surface area contributed by atoms with Crippen molar-refractivity contribution in [2.45, 2.75) is 6.42 Å². The minimum absolute atomic E-state index is 0.00238. The lowest BCUT2D eigenvalue weighted by Crippen LogP contribution is -2.41. The highest BCUT2D eigenvalue weighted by molar-refractivity contribution is 7.17. The predicted octanol–water partition coefficient (Wildman–Crippen LogP) is 3.73. The molecule has 0 fully saturated rings. The van der Waals surface area contributed by atoms with Crippen molar-refractivity contribution in [1.29, 1.82) is 0 Å². The van der Waals surface area contributed by atoms with E-state index in [9.17, 15) is 24.1 Å². The number of nitro benzene ring substituents is 1. The Hall–Kier alpha value is -3.79. The number of hydrazine groups is 1. The normalized spacial score (nSPS) is 10.3. The Morgan fingerprint density at radius 1 is 1.00 bits per heavy atom. The van der Waals surface area contributed by atoms with Gasteiger partial charge in [-0.15, -0.1) is 11.3 Å². The molecule has 3 aromatic rings. The van der Waals surface area contributed by atoms with Crippen molar-refractivity contribution in [3.8, 4) is 10.4 Å². The molecule has 154 valence electrons. The lowest BCUT2D eigenvalue weighted by Gasteiger charge is -2.08. The summed E-state index contributed by atoms with van der Waals surface area (Å²) in [5.74, 6) is -1.27. The molecule has 0 aliphatic heterocycles. The quantitative estimate of drug-likeness (QED) is 0.392. The van der Waals surface area contributed by atoms with Crippen molar-refractivity contribution < 1.29 is 18.9 Å². The number of carbonyl (C=O) groups is 2. The summed E-state index contributed by atoms with van der Waals surface area (Å²) < 4.78 is 13.0. The van der Waals surface area contributed by atoms with Crippen LogP contribution in [0.2, 0.25) is 0 Å². The minimum atomic E-state index is -0.510. The third kappa shape index (κ3) is 5.39. The van der Waals surface area contributed by atoms with Gasteiger partial charge < -0.3 is 5.32 Å². The van der Waals surface area contributed by atoms with Crippen molar-refractivity contribution in [3.63, 3.8) is 0 Å². The minimum Gasteiger partial charge on any atom is -0.379 e. The number of halogens is 1. The molecule has 0 aliphatic carbocycles. The average Bonchev–Trinajstić information content (AvgIpc) is 3.23. The highest BCUT2D eigenvalue weighted by atomic mass is 32.1. The summed E-state index contributed by atoms with van der Waals surface area (Å²) in [5, 5.41) is 13.8. The van der Waals surface area contributed by atoms with Crippen molar-refractivity contribution in [2.75, 3.05) is 11.9 Å². The molecule has 8 nitrogen and oxygen atoms in total. The van der Waals surface area contributed by atoms with Crippen LogP contribution in [-0.4, -0.2) is 23.3 Å². The summed E-state index contributed by atoms with van der Waals surface area (Å²) in [6.45, 7) is 0.153. The molecule has 3 N–H and O–H groups in total. The molecule has 0 unspecified atom stereocenters. The van der Waals surface area contributed by atoms with Crippen LogP contribution in [0.1, 0.15) is 16.1 Å². The number of rotatable bonds is 7. The van der Waals surface area contributed by atoms with E-state index in [-0.39, 0.29) is 24.5 Å². The lowest BCUT2D eigenvalue weighted by atomic mass is 10.2. The van der Waals surface area contributed by atoms with E-state index >= 15 is 0 Å². The number of hydrogen-bond acceptors (Lipinski definition) is 6. The third-order valence-corrected chi connectivity index (χ3v) is 5.18. The molecule has 0 atom stereocenters. The fraction of sp³-hybridized carbons (Fsp3) is 0.100. The molecule has 0 bridgehead atoms. The first-order valence-electron chi connectivity index (χ1n) is 8.86. The van der Waals surface area contributed by atoms with Crippen LogP contribution in [0, 0.1) is 15.9 Å². The zero-order valence-electron chi connectivity index (χ0n) is 15.6. The predicted molar refractivity (Wildman–Crippen MR) is 112 cm³/mol. The van der Waals surface area contributed by atoms with Crippen LogP contribution >= 0.6 is 11.3 Å². The van der Waals surface area contributed by atoms with Crippen LogP contribution in [0.25, 0.3) is 10.4 Å². The molecule has 0 spiro atoms. The number of carbonyl (C=O) groups excluding carboxylic acids is 2. The smallest absolute Gasteiger partial charge is 0.292 e. The number of anilines is 1. The van der Waals surface area contributed by atoms with E-state index in [0.717, 1.165) is 10.4 Å². The molecule has 0 aliphatic rings. The first-order valence-corrected chi connectivity index (χ1v) is 9.68. The van der Waals surface area contributed by atoms with Gasteiger partial charge >= 0.3 is 0 Å². The first-order chi connectivity index (χ1) is 14.4. The number of para-hydroxylation sites is 2. The van der Waals surface area contributed by atoms with Gasteiger partial charge in [-0.1, -0.05) is 24.3 Å². The Balaban J connectivity index is 1.46. The number of hydrogen-bond donors (Lipinski definition) is 3. The van der Waals surface area contributed by atoms with Crippen LogP contribution in [-0.2, 0) is 4.79 Å². The fourth-order valence-electron chi connectivity index (χ4n) is 2.57. The van der Waals surface area contributed by atoms with E-state index in [1.807, 2.05) is 0 Å². The average molecular weight is 428 g/mol. The molecule has 0 saturated heterocycles. The van der Waals surface area contributed by atoms with E-state index in [1.165, 1.54) is 29.5 Å². The molecule has 1 aromatic heterocycles. The molecular weight excluding hydrogens is 411 g/mol. The number of benzene rings is 2. The van der Waals surface area contributed by atoms with Crippen LogP contribution in [0.15, 0.2) is 60.7 Å². The molecule has 30 heavy (non-hydrogen) atoms. The van der Waals surface area contributed by atoms with Gasteiger partial charge in [0, 0.05) is 23.9 Å². The van der Waals surface area contributed by atoms with Crippen molar-refractivity contribution in [1.82, 2.24) is 10.9 Å². The standard InChI is InChI=1S/C20H17FN4O4S/c21-14-7-5-13(6-8-14)17-9-10-18(30-17)20(27)24-23-19(26)11-12-22-15-3-1-2-4-16(15)25(28)29/h1-10,22H,11-12H2,(H,23,26)(H,24,27). The second-order valence-electron chi connectivity index (χ2n) is 6.12. The van der Waals surface area contributed by atoms with Gasteiger partial charge in [0.25, 0.3) is 11.6 Å². The van der Waals surface area contributed by atoms with Gasteiger partial charge in [0.05, 0.1) is 9.80 Å². The van der Waals surface area contributed by atoms with Crippen LogP contribution in [0.3, 0.4) is 0 Å². The summed E-state index contributed by atoms with van der Waals surface area (Å²) in [4.78, 5) is 35.7. The Labute approximate surface area is 174 Å². The van der Waals surface area contributed by atoms with Gasteiger partial charge in [-0.25, -0.2) is 4.39 Å². The molecular formula is C20H17FN4O4S. The summed E-state index contributed by atoms with van der Waals surface area (Å²) >= 11 is 1.21. The summed E-state index contributed by atoms with van der Waals surface area (Å²) in [6.07, 6.45) is -0.00238. The van der Waals surface area contributed by atoms with Crippen LogP contribution in [0.4, 0.5) is 15.8 Å². The van der Waals surface area contributed by atoms with Gasteiger partial charge in [-0.05, 0) is 35.9 Å². The zero-order valence-corrected chi connectivity index (χ0v) is 16.4. The molecule has 0 radical (unpaired) electrons. The number of amides is 2. The summed E-state index contributed by atoms with van der Waals surface area (Å²) in [5.41, 5.74) is 5.64. The van der Waals surface area contributed by atoms with E-state index < -0.39 is 16.7 Å². The van der Waals surface area contributed by atoms with Crippen LogP contribution < -0.4 is 16.2 Å². The van der Waals surface area contributed by atoms with Crippen molar-refractivity contribution in [2.24, 2.45) is 0 Å². The van der Waals surface area contributed by atoms with Crippen molar-refractivity contribution >= 4 is 34.5 Å². The summed E-state index contributed by atoms with van der Waals surface area (Å²) in [6, 6.07) is 15.4. The van der Waals surface area contributed by atoms with Gasteiger partial charge in [0.15, 0.2) is 0 Å². The second-order valence-corrected chi connectivity index (χ2v) is 7.21. The third-order valence-electron chi connectivity index (χ3n) is 4.04. The van der Waals surface area contributed by atoms with Gasteiger partial charge in [0.1, 0.15) is 11.5 Å². The highest BCUT2D eigenvalue weighted by Crippen LogP contribution is 2.28. The second kappa shape index (κ2) is 9.61. The Bertz CT molecular complexity index is 1070. The first kappa shape index (κ1) is 20.9. The van der Waals surface area contributed by atoms with E-state index in [2.05, 4.69) is 16.2 Å². The number of thiophene rings is 1. The number of nitro groups is 1. The topological polar surface area (TPSA) is 113 Å². The monoisotopic (exact) mass is 428 g/mol. The molecule has 2 aromatic carbocycles. The van der Waals surface area contributed by atoms with Gasteiger partial charge in [-0.3, -0.25) is 30.6 Å². The summed E-state index contributed by atoms with van der Waals surface area (Å²) in [7, 11) is 0. The van der Waals surface area contributed by atoms with E-state index in [0.29, 0.717) is 10.6 Å². The van der Waals surface area contributed by atoms with E-state index in [1.54, 1.807) is 42.5 Å². The maximum atomic E-state index is 13.0. The number of nitrogens with one attached hydrogen (secondary N) is 3. The molecule has 0 saturated carbocycles. The largest absolute Gasteiger partial charge is 0.379 e. The van der Waals surface area contributed by atoms with Gasteiger partial charge in [-0.2, -0.15) is 0 Å². The maximum Gasteiger partial charge on any atom is 0.292 e. The Morgan fingerprint density at radius 3 is 2.47 bits per heavy atom. The maximum absolute atomic E-state index is 13.0. The molecule has 1 heterocycles. The zero-order chi connectivity index (χ0) is 21.5. The Kier molecular flexibility index (Phi) is 6.71. The highest BCUT2D eigenvalue weighted by Gasteiger charge is 2.13.